The van der Waals surface area contributed by atoms with Gasteiger partial charge in [0.05, 0.1) is 11.9 Å². The Hall–Kier alpha value is -2.11. The van der Waals surface area contributed by atoms with E-state index in [2.05, 4.69) is 21.9 Å². The van der Waals surface area contributed by atoms with Crippen LogP contribution >= 0.6 is 11.6 Å². The lowest BCUT2D eigenvalue weighted by atomic mass is 10.2. The standard InChI is InChI=1S/C18H19ClN4O/c1-2-22-10-9-15(12-22)24-18-8-7-17-20-11-16(23(17)21-18)13-3-5-14(19)6-4-13/h3-8,11,15H,2,9-10,12H2,1H3. The van der Waals surface area contributed by atoms with Crippen molar-refractivity contribution in [1.82, 2.24) is 19.5 Å². The minimum atomic E-state index is 0.206. The van der Waals surface area contributed by atoms with E-state index in [1.54, 1.807) is 0 Å². The predicted molar refractivity (Wildman–Crippen MR) is 94.6 cm³/mol. The van der Waals surface area contributed by atoms with E-state index >= 15 is 0 Å². The first-order chi connectivity index (χ1) is 11.7. The van der Waals surface area contributed by atoms with Gasteiger partial charge in [0.1, 0.15) is 6.10 Å². The highest BCUT2D eigenvalue weighted by atomic mass is 35.5. The van der Waals surface area contributed by atoms with Crippen LogP contribution in [-0.2, 0) is 0 Å². The Labute approximate surface area is 145 Å². The molecule has 3 aromatic rings. The number of nitrogens with zero attached hydrogens (tertiary/aromatic N) is 4. The molecule has 1 saturated heterocycles. The van der Waals surface area contributed by atoms with Gasteiger partial charge >= 0.3 is 0 Å². The molecule has 0 amide bonds. The maximum Gasteiger partial charge on any atom is 0.232 e. The van der Waals surface area contributed by atoms with Crippen LogP contribution in [-0.4, -0.2) is 45.2 Å². The molecule has 1 fully saturated rings. The molecule has 1 aliphatic rings. The van der Waals surface area contributed by atoms with Crippen molar-refractivity contribution in [3.05, 3.63) is 47.6 Å². The molecule has 24 heavy (non-hydrogen) atoms. The molecule has 1 atom stereocenters. The summed E-state index contributed by atoms with van der Waals surface area (Å²) in [5.41, 5.74) is 2.75. The van der Waals surface area contributed by atoms with E-state index in [1.807, 2.05) is 47.1 Å². The maximum absolute atomic E-state index is 6.07. The van der Waals surface area contributed by atoms with Gasteiger partial charge in [0.25, 0.3) is 0 Å². The minimum absolute atomic E-state index is 0.206. The normalized spacial score (nSPS) is 18.3. The van der Waals surface area contributed by atoms with E-state index < -0.39 is 0 Å². The van der Waals surface area contributed by atoms with Crippen molar-refractivity contribution in [2.24, 2.45) is 0 Å². The van der Waals surface area contributed by atoms with E-state index in [1.165, 1.54) is 0 Å². The smallest absolute Gasteiger partial charge is 0.232 e. The van der Waals surface area contributed by atoms with Gasteiger partial charge in [-0.15, -0.1) is 5.10 Å². The van der Waals surface area contributed by atoms with Crippen LogP contribution in [0.5, 0.6) is 5.88 Å². The highest BCUT2D eigenvalue weighted by molar-refractivity contribution is 6.30. The average Bonchev–Trinajstić information content (AvgIpc) is 3.22. The summed E-state index contributed by atoms with van der Waals surface area (Å²) in [6.07, 6.45) is 3.07. The van der Waals surface area contributed by atoms with Gasteiger partial charge in [0, 0.05) is 29.7 Å². The van der Waals surface area contributed by atoms with Gasteiger partial charge in [-0.05, 0) is 31.2 Å². The zero-order valence-electron chi connectivity index (χ0n) is 13.5. The molecule has 1 aromatic carbocycles. The Morgan fingerprint density at radius 3 is 2.79 bits per heavy atom. The lowest BCUT2D eigenvalue weighted by Gasteiger charge is -2.14. The van der Waals surface area contributed by atoms with Crippen molar-refractivity contribution >= 4 is 17.2 Å². The Bertz CT molecular complexity index is 846. The van der Waals surface area contributed by atoms with E-state index in [4.69, 9.17) is 16.3 Å². The predicted octanol–water partition coefficient (Wildman–Crippen LogP) is 3.52. The van der Waals surface area contributed by atoms with Gasteiger partial charge in [-0.1, -0.05) is 30.7 Å². The molecular weight excluding hydrogens is 324 g/mol. The molecule has 0 saturated carbocycles. The first kappa shape index (κ1) is 15.4. The highest BCUT2D eigenvalue weighted by Crippen LogP contribution is 2.24. The Balaban J connectivity index is 1.62. The highest BCUT2D eigenvalue weighted by Gasteiger charge is 2.23. The number of fused-ring (bicyclic) bond motifs is 1. The first-order valence-corrected chi connectivity index (χ1v) is 8.60. The summed E-state index contributed by atoms with van der Waals surface area (Å²) in [6.45, 7) is 5.29. The molecule has 1 aliphatic heterocycles. The van der Waals surface area contributed by atoms with Gasteiger partial charge in [-0.2, -0.15) is 0 Å². The van der Waals surface area contributed by atoms with E-state index in [0.717, 1.165) is 43.0 Å². The summed E-state index contributed by atoms with van der Waals surface area (Å²) >= 11 is 5.97. The molecule has 4 rings (SSSR count). The van der Waals surface area contributed by atoms with Crippen molar-refractivity contribution in [3.63, 3.8) is 0 Å². The molecule has 0 aliphatic carbocycles. The average molecular weight is 343 g/mol. The summed E-state index contributed by atoms with van der Waals surface area (Å²) < 4.78 is 7.90. The van der Waals surface area contributed by atoms with Gasteiger partial charge in [0.15, 0.2) is 5.65 Å². The molecule has 5 nitrogen and oxygen atoms in total. The fourth-order valence-electron chi connectivity index (χ4n) is 3.09. The molecule has 3 heterocycles. The third-order valence-corrected chi connectivity index (χ3v) is 4.69. The Morgan fingerprint density at radius 2 is 2.04 bits per heavy atom. The number of rotatable bonds is 4. The molecule has 2 aromatic heterocycles. The van der Waals surface area contributed by atoms with Crippen LogP contribution in [0.3, 0.4) is 0 Å². The zero-order valence-corrected chi connectivity index (χ0v) is 14.3. The van der Waals surface area contributed by atoms with Gasteiger partial charge in [0.2, 0.25) is 5.88 Å². The van der Waals surface area contributed by atoms with E-state index in [-0.39, 0.29) is 6.10 Å². The quantitative estimate of drug-likeness (QED) is 0.727. The summed E-state index contributed by atoms with van der Waals surface area (Å²) in [6, 6.07) is 11.5. The fraction of sp³-hybridized carbons (Fsp3) is 0.333. The summed E-state index contributed by atoms with van der Waals surface area (Å²) in [4.78, 5) is 6.81. The SMILES string of the molecule is CCN1CCC(Oc2ccc3ncc(-c4ccc(Cl)cc4)n3n2)C1. The number of hydrogen-bond donors (Lipinski definition) is 0. The van der Waals surface area contributed by atoms with E-state index in [9.17, 15) is 0 Å². The molecular formula is C18H19ClN4O. The second-order valence-electron chi connectivity index (χ2n) is 6.01. The number of benzene rings is 1. The second kappa shape index (κ2) is 6.42. The third kappa shape index (κ3) is 2.97. The van der Waals surface area contributed by atoms with E-state index in [0.29, 0.717) is 10.9 Å². The lowest BCUT2D eigenvalue weighted by molar-refractivity contribution is 0.192. The Kier molecular flexibility index (Phi) is 4.12. The van der Waals surface area contributed by atoms with Gasteiger partial charge in [-0.25, -0.2) is 9.50 Å². The summed E-state index contributed by atoms with van der Waals surface area (Å²) in [5.74, 6) is 0.638. The summed E-state index contributed by atoms with van der Waals surface area (Å²) in [7, 11) is 0. The zero-order chi connectivity index (χ0) is 16.5. The number of halogens is 1. The van der Waals surface area contributed by atoms with Crippen LogP contribution < -0.4 is 4.74 Å². The molecule has 1 unspecified atom stereocenters. The number of imidazole rings is 1. The third-order valence-electron chi connectivity index (χ3n) is 4.44. The van der Waals surface area contributed by atoms with Crippen LogP contribution in [0.1, 0.15) is 13.3 Å². The van der Waals surface area contributed by atoms with Crippen LogP contribution in [0.4, 0.5) is 0 Å². The van der Waals surface area contributed by atoms with Crippen molar-refractivity contribution in [3.8, 4) is 17.1 Å². The molecule has 0 bridgehead atoms. The number of likely N-dealkylation sites (N-methyl/N-ethyl adjacent to an activating group) is 1. The lowest BCUT2D eigenvalue weighted by Crippen LogP contribution is -2.24. The number of ether oxygens (including phenoxy) is 1. The van der Waals surface area contributed by atoms with Gasteiger partial charge < -0.3 is 4.74 Å². The molecule has 6 heteroatoms. The van der Waals surface area contributed by atoms with Crippen molar-refractivity contribution < 1.29 is 4.74 Å². The maximum atomic E-state index is 6.07. The molecule has 124 valence electrons. The number of likely N-dealkylation sites (tertiary alicyclic amines) is 1. The van der Waals surface area contributed by atoms with Gasteiger partial charge in [-0.3, -0.25) is 4.90 Å². The van der Waals surface area contributed by atoms with Crippen LogP contribution in [0.15, 0.2) is 42.6 Å². The topological polar surface area (TPSA) is 42.7 Å². The first-order valence-electron chi connectivity index (χ1n) is 8.22. The monoisotopic (exact) mass is 342 g/mol. The van der Waals surface area contributed by atoms with Crippen LogP contribution in [0.2, 0.25) is 5.02 Å². The number of aromatic nitrogens is 3. The minimum Gasteiger partial charge on any atom is -0.472 e. The molecule has 0 spiro atoms. The molecule has 0 radical (unpaired) electrons. The second-order valence-corrected chi connectivity index (χ2v) is 6.45. The largest absolute Gasteiger partial charge is 0.472 e. The molecule has 0 N–H and O–H groups in total. The van der Waals surface area contributed by atoms with Crippen LogP contribution in [0.25, 0.3) is 16.9 Å². The van der Waals surface area contributed by atoms with Crippen molar-refractivity contribution in [2.45, 2.75) is 19.4 Å². The number of hydrogen-bond acceptors (Lipinski definition) is 4. The van der Waals surface area contributed by atoms with Crippen molar-refractivity contribution in [1.29, 1.82) is 0 Å². The summed E-state index contributed by atoms with van der Waals surface area (Å²) in [5, 5.41) is 5.34. The van der Waals surface area contributed by atoms with Crippen molar-refractivity contribution in [2.75, 3.05) is 19.6 Å². The van der Waals surface area contributed by atoms with Crippen LogP contribution in [0, 0.1) is 0 Å². The Morgan fingerprint density at radius 1 is 1.21 bits per heavy atom. The fourth-order valence-corrected chi connectivity index (χ4v) is 3.21.